The molecule has 0 saturated carbocycles. The number of aryl methyl sites for hydroxylation is 1. The predicted molar refractivity (Wildman–Crippen MR) is 115 cm³/mol. The molecule has 0 aromatic heterocycles. The van der Waals surface area contributed by atoms with Gasteiger partial charge in [-0.2, -0.15) is 0 Å². The van der Waals surface area contributed by atoms with Gasteiger partial charge < -0.3 is 19.5 Å². The molecule has 0 saturated heterocycles. The molecule has 0 aliphatic rings. The molecular weight excluding hydrogens is 424 g/mol. The van der Waals surface area contributed by atoms with E-state index < -0.39 is 22.0 Å². The quantitative estimate of drug-likeness (QED) is 0.399. The summed E-state index contributed by atoms with van der Waals surface area (Å²) >= 11 is 0. The van der Waals surface area contributed by atoms with Crippen molar-refractivity contribution in [1.82, 2.24) is 4.72 Å². The maximum absolute atomic E-state index is 12.3. The van der Waals surface area contributed by atoms with Crippen molar-refractivity contribution < 1.29 is 32.2 Å². The molecule has 0 unspecified atom stereocenters. The lowest BCUT2D eigenvalue weighted by atomic mass is 10.2. The minimum absolute atomic E-state index is 0.0333. The van der Waals surface area contributed by atoms with Gasteiger partial charge in [-0.1, -0.05) is 23.8 Å². The second-order valence-electron chi connectivity index (χ2n) is 6.40. The number of amides is 2. The summed E-state index contributed by atoms with van der Waals surface area (Å²) in [4.78, 5) is 24.2. The summed E-state index contributed by atoms with van der Waals surface area (Å²) in [6.07, 6.45) is 0. The van der Waals surface area contributed by atoms with Crippen molar-refractivity contribution in [1.29, 1.82) is 0 Å². The highest BCUT2D eigenvalue weighted by atomic mass is 32.2. The average Bonchev–Trinajstić information content (AvgIpc) is 2.73. The smallest absolute Gasteiger partial charge is 0.338 e. The van der Waals surface area contributed by atoms with Gasteiger partial charge in [-0.25, -0.2) is 22.7 Å². The molecule has 0 atom stereocenters. The molecule has 2 rings (SSSR count). The molecule has 2 N–H and O–H groups in total. The summed E-state index contributed by atoms with van der Waals surface area (Å²) in [6, 6.07) is 11.1. The van der Waals surface area contributed by atoms with Gasteiger partial charge in [0, 0.05) is 12.3 Å². The zero-order valence-electron chi connectivity index (χ0n) is 17.4. The molecule has 0 aliphatic heterocycles. The van der Waals surface area contributed by atoms with Gasteiger partial charge >= 0.3 is 12.0 Å². The van der Waals surface area contributed by atoms with Gasteiger partial charge in [-0.15, -0.1) is 0 Å². The number of carbonyl (C=O) groups excluding carboxylic acids is 2. The maximum Gasteiger partial charge on any atom is 0.338 e. The molecule has 0 aliphatic carbocycles. The van der Waals surface area contributed by atoms with Crippen molar-refractivity contribution in [2.24, 2.45) is 0 Å². The summed E-state index contributed by atoms with van der Waals surface area (Å²) in [7, 11) is -4.02. The third-order valence-corrected chi connectivity index (χ3v) is 5.30. The Morgan fingerprint density at radius 2 is 1.61 bits per heavy atom. The van der Waals surface area contributed by atoms with Crippen LogP contribution in [0.25, 0.3) is 0 Å². The fourth-order valence-electron chi connectivity index (χ4n) is 2.42. The Morgan fingerprint density at radius 1 is 0.935 bits per heavy atom. The standard InChI is InChI=1S/C21H26N2O7S/c1-3-28-11-12-29-13-14-30-20(24)17-5-4-6-18(15-17)22-21(25)23-31(26,27)19-9-7-16(2)8-10-19/h4-10,15H,3,11-14H2,1-2H3,(H2,22,23,25). The first kappa shape index (κ1) is 24.3. The molecule has 2 aromatic carbocycles. The van der Waals surface area contributed by atoms with Crippen LogP contribution >= 0.6 is 0 Å². The largest absolute Gasteiger partial charge is 0.460 e. The van der Waals surface area contributed by atoms with Crippen molar-refractivity contribution in [3.63, 3.8) is 0 Å². The first-order valence-corrected chi connectivity index (χ1v) is 11.1. The zero-order valence-corrected chi connectivity index (χ0v) is 18.2. The number of benzene rings is 2. The van der Waals surface area contributed by atoms with E-state index in [2.05, 4.69) is 5.32 Å². The first-order valence-electron chi connectivity index (χ1n) is 9.65. The lowest BCUT2D eigenvalue weighted by Crippen LogP contribution is -2.34. The van der Waals surface area contributed by atoms with Crippen LogP contribution in [0.3, 0.4) is 0 Å². The molecular formula is C21H26N2O7S. The number of urea groups is 1. The van der Waals surface area contributed by atoms with Crippen LogP contribution in [0.4, 0.5) is 10.5 Å². The minimum Gasteiger partial charge on any atom is -0.460 e. The number of hydrogen-bond acceptors (Lipinski definition) is 7. The van der Waals surface area contributed by atoms with Crippen LogP contribution in [0, 0.1) is 6.92 Å². The topological polar surface area (TPSA) is 120 Å². The van der Waals surface area contributed by atoms with Crippen LogP contribution in [0.1, 0.15) is 22.8 Å². The van der Waals surface area contributed by atoms with Gasteiger partial charge in [0.25, 0.3) is 10.0 Å². The second-order valence-corrected chi connectivity index (χ2v) is 8.08. The number of rotatable bonds is 11. The fraction of sp³-hybridized carbons (Fsp3) is 0.333. The highest BCUT2D eigenvalue weighted by Gasteiger charge is 2.18. The van der Waals surface area contributed by atoms with Crippen LogP contribution in [-0.2, 0) is 24.2 Å². The summed E-state index contributed by atoms with van der Waals surface area (Å²) in [5.74, 6) is -0.593. The number of sulfonamides is 1. The summed E-state index contributed by atoms with van der Waals surface area (Å²) < 4.78 is 42.0. The van der Waals surface area contributed by atoms with Crippen LogP contribution in [0.2, 0.25) is 0 Å². The van der Waals surface area contributed by atoms with E-state index >= 15 is 0 Å². The van der Waals surface area contributed by atoms with Crippen LogP contribution in [0.15, 0.2) is 53.4 Å². The second kappa shape index (κ2) is 12.0. The number of anilines is 1. The number of esters is 1. The van der Waals surface area contributed by atoms with E-state index in [0.29, 0.717) is 19.8 Å². The van der Waals surface area contributed by atoms with Crippen molar-refractivity contribution in [2.75, 3.05) is 38.4 Å². The maximum atomic E-state index is 12.3. The minimum atomic E-state index is -4.02. The van der Waals surface area contributed by atoms with Gasteiger partial charge in [0.15, 0.2) is 0 Å². The summed E-state index contributed by atoms with van der Waals surface area (Å²) in [6.45, 7) is 5.50. The lowest BCUT2D eigenvalue weighted by molar-refractivity contribution is 0.0164. The molecule has 0 fully saturated rings. The highest BCUT2D eigenvalue weighted by Crippen LogP contribution is 2.13. The Bertz CT molecular complexity index is 975. The summed E-state index contributed by atoms with van der Waals surface area (Å²) in [5, 5.41) is 2.39. The molecule has 10 heteroatoms. The van der Waals surface area contributed by atoms with E-state index in [4.69, 9.17) is 14.2 Å². The number of carbonyl (C=O) groups is 2. The van der Waals surface area contributed by atoms with E-state index in [0.717, 1.165) is 5.56 Å². The fourth-order valence-corrected chi connectivity index (χ4v) is 3.33. The Morgan fingerprint density at radius 3 is 2.32 bits per heavy atom. The first-order chi connectivity index (χ1) is 14.8. The van der Waals surface area contributed by atoms with Crippen molar-refractivity contribution in [3.05, 3.63) is 59.7 Å². The Labute approximate surface area is 181 Å². The predicted octanol–water partition coefficient (Wildman–Crippen LogP) is 2.72. The number of nitrogens with one attached hydrogen (secondary N) is 2. The van der Waals surface area contributed by atoms with Crippen molar-refractivity contribution in [3.8, 4) is 0 Å². The van der Waals surface area contributed by atoms with Crippen molar-refractivity contribution in [2.45, 2.75) is 18.7 Å². The Hall–Kier alpha value is -2.95. The molecule has 0 heterocycles. The average molecular weight is 451 g/mol. The number of ether oxygens (including phenoxy) is 3. The molecule has 168 valence electrons. The molecule has 9 nitrogen and oxygen atoms in total. The van der Waals surface area contributed by atoms with Gasteiger partial charge in [0.1, 0.15) is 6.61 Å². The molecule has 2 aromatic rings. The normalized spacial score (nSPS) is 11.0. The van der Waals surface area contributed by atoms with E-state index in [1.807, 2.05) is 18.6 Å². The summed E-state index contributed by atoms with van der Waals surface area (Å²) in [5.41, 5.74) is 1.33. The highest BCUT2D eigenvalue weighted by molar-refractivity contribution is 7.90. The monoisotopic (exact) mass is 450 g/mol. The van der Waals surface area contributed by atoms with Gasteiger partial charge in [-0.05, 0) is 44.2 Å². The van der Waals surface area contributed by atoms with Crippen LogP contribution in [-0.4, -0.2) is 53.5 Å². The van der Waals surface area contributed by atoms with E-state index in [1.54, 1.807) is 18.2 Å². The molecule has 0 radical (unpaired) electrons. The van der Waals surface area contributed by atoms with E-state index in [1.165, 1.54) is 30.3 Å². The third-order valence-electron chi connectivity index (χ3n) is 3.95. The molecule has 2 amide bonds. The third kappa shape index (κ3) is 8.36. The van der Waals surface area contributed by atoms with E-state index in [9.17, 15) is 18.0 Å². The lowest BCUT2D eigenvalue weighted by Gasteiger charge is -2.10. The van der Waals surface area contributed by atoms with Gasteiger partial charge in [0.2, 0.25) is 0 Å². The Kier molecular flexibility index (Phi) is 9.44. The molecule has 0 spiro atoms. The van der Waals surface area contributed by atoms with Crippen LogP contribution in [0.5, 0.6) is 0 Å². The van der Waals surface area contributed by atoms with E-state index in [-0.39, 0.29) is 29.4 Å². The van der Waals surface area contributed by atoms with Gasteiger partial charge in [0.05, 0.1) is 30.3 Å². The number of hydrogen-bond donors (Lipinski definition) is 2. The Balaban J connectivity index is 1.86. The molecule has 31 heavy (non-hydrogen) atoms. The molecule has 0 bridgehead atoms. The van der Waals surface area contributed by atoms with Crippen molar-refractivity contribution >= 4 is 27.7 Å². The van der Waals surface area contributed by atoms with Crippen LogP contribution < -0.4 is 10.0 Å². The van der Waals surface area contributed by atoms with Gasteiger partial charge in [-0.3, -0.25) is 0 Å². The SMILES string of the molecule is CCOCCOCCOC(=O)c1cccc(NC(=O)NS(=O)(=O)c2ccc(C)cc2)c1. The zero-order chi connectivity index (χ0) is 22.7.